The van der Waals surface area contributed by atoms with Gasteiger partial charge in [0.2, 0.25) is 0 Å². The van der Waals surface area contributed by atoms with Gasteiger partial charge < -0.3 is 10.2 Å². The average Bonchev–Trinajstić information content (AvgIpc) is 2.51. The molecule has 0 aliphatic rings. The largest absolute Gasteiger partial charge is 0.370 e. The van der Waals surface area contributed by atoms with Gasteiger partial charge in [-0.25, -0.2) is 4.98 Å². The molecule has 3 nitrogen and oxygen atoms in total. The minimum Gasteiger partial charge on any atom is -0.370 e. The summed E-state index contributed by atoms with van der Waals surface area (Å²) in [5, 5.41) is 3.35. The van der Waals surface area contributed by atoms with E-state index in [2.05, 4.69) is 78.4 Å². The van der Waals surface area contributed by atoms with Crippen molar-refractivity contribution < 1.29 is 0 Å². The summed E-state index contributed by atoms with van der Waals surface area (Å²) < 4.78 is 0. The van der Waals surface area contributed by atoms with Crippen LogP contribution in [0, 0.1) is 0 Å². The molecule has 0 saturated carbocycles. The first-order valence-electron chi connectivity index (χ1n) is 7.71. The smallest absolute Gasteiger partial charge is 0.127 e. The average molecular weight is 283 g/mol. The van der Waals surface area contributed by atoms with E-state index in [4.69, 9.17) is 0 Å². The number of hydrogen-bond acceptors (Lipinski definition) is 3. The van der Waals surface area contributed by atoms with E-state index in [1.165, 1.54) is 11.3 Å². The summed E-state index contributed by atoms with van der Waals surface area (Å²) in [6, 6.07) is 15.2. The number of anilines is 2. The Kier molecular flexibility index (Phi) is 5.61. The Morgan fingerprint density at radius 3 is 2.57 bits per heavy atom. The minimum absolute atomic E-state index is 0.437. The molecule has 0 fully saturated rings. The maximum Gasteiger partial charge on any atom is 0.127 e. The van der Waals surface area contributed by atoms with E-state index in [0.717, 1.165) is 25.3 Å². The number of aromatic nitrogens is 1. The fourth-order valence-corrected chi connectivity index (χ4v) is 2.30. The maximum absolute atomic E-state index is 4.39. The Labute approximate surface area is 128 Å². The van der Waals surface area contributed by atoms with E-state index < -0.39 is 0 Å². The van der Waals surface area contributed by atoms with Gasteiger partial charge in [-0.3, -0.25) is 0 Å². The number of rotatable bonds is 7. The van der Waals surface area contributed by atoms with Crippen molar-refractivity contribution >= 4 is 11.5 Å². The molecule has 0 spiro atoms. The van der Waals surface area contributed by atoms with Crippen LogP contribution in [0.15, 0.2) is 48.7 Å². The highest BCUT2D eigenvalue weighted by molar-refractivity contribution is 5.54. The second-order valence-electron chi connectivity index (χ2n) is 5.53. The molecule has 21 heavy (non-hydrogen) atoms. The Morgan fingerprint density at radius 1 is 1.14 bits per heavy atom. The standard InChI is InChI=1S/C18H25N3/c1-4-11-19-18-13-17(10-12-20-18)21(15(2)3)14-16-8-6-5-7-9-16/h5-10,12-13,15H,4,11,14H2,1-3H3,(H,19,20). The normalized spacial score (nSPS) is 10.7. The zero-order valence-electron chi connectivity index (χ0n) is 13.2. The fraction of sp³-hybridized carbons (Fsp3) is 0.389. The second kappa shape index (κ2) is 7.67. The number of pyridine rings is 1. The van der Waals surface area contributed by atoms with E-state index >= 15 is 0 Å². The molecule has 1 N–H and O–H groups in total. The number of hydrogen-bond donors (Lipinski definition) is 1. The summed E-state index contributed by atoms with van der Waals surface area (Å²) in [5.74, 6) is 0.952. The quantitative estimate of drug-likeness (QED) is 0.820. The molecular formula is C18H25N3. The summed E-state index contributed by atoms with van der Waals surface area (Å²) in [6.07, 6.45) is 2.98. The lowest BCUT2D eigenvalue weighted by Gasteiger charge is -2.29. The van der Waals surface area contributed by atoms with Crippen molar-refractivity contribution in [2.75, 3.05) is 16.8 Å². The first-order valence-corrected chi connectivity index (χ1v) is 7.71. The topological polar surface area (TPSA) is 28.2 Å². The van der Waals surface area contributed by atoms with Crippen LogP contribution in [-0.2, 0) is 6.54 Å². The summed E-state index contributed by atoms with van der Waals surface area (Å²) in [7, 11) is 0. The van der Waals surface area contributed by atoms with Crippen LogP contribution in [0.4, 0.5) is 11.5 Å². The fourth-order valence-electron chi connectivity index (χ4n) is 2.30. The Bertz CT molecular complexity index is 537. The van der Waals surface area contributed by atoms with Crippen molar-refractivity contribution in [3.63, 3.8) is 0 Å². The number of benzene rings is 1. The van der Waals surface area contributed by atoms with Crippen LogP contribution in [-0.4, -0.2) is 17.6 Å². The highest BCUT2D eigenvalue weighted by atomic mass is 15.2. The molecule has 1 aromatic carbocycles. The SMILES string of the molecule is CCCNc1cc(N(Cc2ccccc2)C(C)C)ccn1. The van der Waals surface area contributed by atoms with Gasteiger partial charge in [-0.05, 0) is 31.9 Å². The van der Waals surface area contributed by atoms with Crippen LogP contribution < -0.4 is 10.2 Å². The van der Waals surface area contributed by atoms with Gasteiger partial charge in [0.1, 0.15) is 5.82 Å². The monoisotopic (exact) mass is 283 g/mol. The highest BCUT2D eigenvalue weighted by Crippen LogP contribution is 2.22. The Hall–Kier alpha value is -2.03. The first-order chi connectivity index (χ1) is 10.2. The van der Waals surface area contributed by atoms with Crippen molar-refractivity contribution in [1.82, 2.24) is 4.98 Å². The van der Waals surface area contributed by atoms with Gasteiger partial charge >= 0.3 is 0 Å². The summed E-state index contributed by atoms with van der Waals surface area (Å²) >= 11 is 0. The minimum atomic E-state index is 0.437. The molecule has 0 amide bonds. The summed E-state index contributed by atoms with van der Waals surface area (Å²) in [4.78, 5) is 6.78. The van der Waals surface area contributed by atoms with Crippen LogP contribution in [0.2, 0.25) is 0 Å². The van der Waals surface area contributed by atoms with Gasteiger partial charge in [0.15, 0.2) is 0 Å². The molecule has 0 unspecified atom stereocenters. The lowest BCUT2D eigenvalue weighted by Crippen LogP contribution is -2.30. The molecule has 112 valence electrons. The third-order valence-corrected chi connectivity index (χ3v) is 3.45. The first kappa shape index (κ1) is 15.4. The number of nitrogens with zero attached hydrogens (tertiary/aromatic N) is 2. The van der Waals surface area contributed by atoms with Crippen molar-refractivity contribution in [2.24, 2.45) is 0 Å². The molecular weight excluding hydrogens is 258 g/mol. The number of nitrogens with one attached hydrogen (secondary N) is 1. The molecule has 0 aliphatic heterocycles. The van der Waals surface area contributed by atoms with Crippen LogP contribution in [0.5, 0.6) is 0 Å². The van der Waals surface area contributed by atoms with E-state index in [-0.39, 0.29) is 0 Å². The van der Waals surface area contributed by atoms with Gasteiger partial charge in [-0.2, -0.15) is 0 Å². The van der Waals surface area contributed by atoms with Crippen molar-refractivity contribution in [1.29, 1.82) is 0 Å². The molecule has 0 radical (unpaired) electrons. The van der Waals surface area contributed by atoms with Gasteiger partial charge in [-0.15, -0.1) is 0 Å². The molecule has 3 heteroatoms. The van der Waals surface area contributed by atoms with Gasteiger partial charge in [0.05, 0.1) is 0 Å². The predicted molar refractivity (Wildman–Crippen MR) is 90.8 cm³/mol. The third-order valence-electron chi connectivity index (χ3n) is 3.45. The van der Waals surface area contributed by atoms with Gasteiger partial charge in [0.25, 0.3) is 0 Å². The summed E-state index contributed by atoms with van der Waals surface area (Å²) in [5.41, 5.74) is 2.54. The molecule has 2 aromatic rings. The van der Waals surface area contributed by atoms with E-state index in [9.17, 15) is 0 Å². The van der Waals surface area contributed by atoms with Crippen molar-refractivity contribution in [2.45, 2.75) is 39.8 Å². The lowest BCUT2D eigenvalue weighted by atomic mass is 10.1. The van der Waals surface area contributed by atoms with E-state index in [1.807, 2.05) is 6.20 Å². The molecule has 0 atom stereocenters. The van der Waals surface area contributed by atoms with Crippen molar-refractivity contribution in [3.05, 3.63) is 54.2 Å². The Morgan fingerprint density at radius 2 is 1.90 bits per heavy atom. The third kappa shape index (κ3) is 4.48. The van der Waals surface area contributed by atoms with Gasteiger partial charge in [0, 0.05) is 37.1 Å². The molecule has 1 aromatic heterocycles. The van der Waals surface area contributed by atoms with E-state index in [0.29, 0.717) is 6.04 Å². The molecule has 0 saturated heterocycles. The Balaban J connectivity index is 2.18. The second-order valence-corrected chi connectivity index (χ2v) is 5.53. The molecule has 2 rings (SSSR count). The molecule has 1 heterocycles. The zero-order valence-corrected chi connectivity index (χ0v) is 13.2. The predicted octanol–water partition coefficient (Wildman–Crippen LogP) is 4.32. The van der Waals surface area contributed by atoms with E-state index in [1.54, 1.807) is 0 Å². The zero-order chi connectivity index (χ0) is 15.1. The van der Waals surface area contributed by atoms with Gasteiger partial charge in [-0.1, -0.05) is 37.3 Å². The van der Waals surface area contributed by atoms with Crippen molar-refractivity contribution in [3.8, 4) is 0 Å². The molecule has 0 bridgehead atoms. The lowest BCUT2D eigenvalue weighted by molar-refractivity contribution is 0.682. The summed E-state index contributed by atoms with van der Waals surface area (Å²) in [6.45, 7) is 8.48. The molecule has 0 aliphatic carbocycles. The highest BCUT2D eigenvalue weighted by Gasteiger charge is 2.12. The van der Waals surface area contributed by atoms with Crippen LogP contribution in [0.3, 0.4) is 0 Å². The maximum atomic E-state index is 4.39. The van der Waals surface area contributed by atoms with Crippen LogP contribution in [0.1, 0.15) is 32.8 Å². The van der Waals surface area contributed by atoms with Crippen LogP contribution >= 0.6 is 0 Å². The van der Waals surface area contributed by atoms with Crippen LogP contribution in [0.25, 0.3) is 0 Å².